The largest absolute Gasteiger partial charge is 0.316 e. The zero-order valence-corrected chi connectivity index (χ0v) is 8.81. The van der Waals surface area contributed by atoms with Crippen LogP contribution in [0.4, 0.5) is 0 Å². The van der Waals surface area contributed by atoms with Gasteiger partial charge in [-0.15, -0.1) is 11.3 Å². The first kappa shape index (κ1) is 8.45. The van der Waals surface area contributed by atoms with Gasteiger partial charge in [-0.1, -0.05) is 18.2 Å². The van der Waals surface area contributed by atoms with Crippen LogP contribution in [0.15, 0.2) is 29.6 Å². The maximum atomic E-state index is 3.33. The minimum absolute atomic E-state index is 0.869. The topological polar surface area (TPSA) is 12.0 Å². The molecular formula is C12H13NS. The summed E-state index contributed by atoms with van der Waals surface area (Å²) in [6.45, 7) is 2.40. The zero-order valence-electron chi connectivity index (χ0n) is 7.99. The first-order chi connectivity index (χ1) is 6.93. The lowest BCUT2D eigenvalue weighted by atomic mass is 9.94. The highest BCUT2D eigenvalue weighted by molar-refractivity contribution is 7.17. The van der Waals surface area contributed by atoms with Crippen molar-refractivity contribution in [3.05, 3.63) is 35.2 Å². The molecule has 1 aliphatic rings. The number of benzene rings is 1. The van der Waals surface area contributed by atoms with Gasteiger partial charge in [0.25, 0.3) is 0 Å². The van der Waals surface area contributed by atoms with E-state index < -0.39 is 0 Å². The highest BCUT2D eigenvalue weighted by atomic mass is 32.1. The van der Waals surface area contributed by atoms with E-state index in [9.17, 15) is 0 Å². The highest BCUT2D eigenvalue weighted by Crippen LogP contribution is 2.28. The normalized spacial score (nSPS) is 17.1. The van der Waals surface area contributed by atoms with Crippen LogP contribution >= 0.6 is 11.3 Å². The number of nitrogens with one attached hydrogen (secondary N) is 1. The fourth-order valence-corrected chi connectivity index (χ4v) is 2.97. The van der Waals surface area contributed by atoms with Crippen molar-refractivity contribution in [3.63, 3.8) is 0 Å². The predicted molar refractivity (Wildman–Crippen MR) is 61.9 cm³/mol. The summed E-state index contributed by atoms with van der Waals surface area (Å²) in [6.07, 6.45) is 1.25. The van der Waals surface area contributed by atoms with Gasteiger partial charge in [0.1, 0.15) is 0 Å². The average Bonchev–Trinajstić information content (AvgIpc) is 2.55. The summed E-state index contributed by atoms with van der Waals surface area (Å²) in [5.41, 5.74) is 1.54. The van der Waals surface area contributed by atoms with Crippen LogP contribution < -0.4 is 5.32 Å². The Morgan fingerprint density at radius 2 is 2.14 bits per heavy atom. The van der Waals surface area contributed by atoms with E-state index in [4.69, 9.17) is 0 Å². The lowest BCUT2D eigenvalue weighted by Gasteiger charge is -2.26. The average molecular weight is 203 g/mol. The number of fused-ring (bicyclic) bond motifs is 1. The Hall–Kier alpha value is -0.860. The van der Waals surface area contributed by atoms with E-state index in [0.29, 0.717) is 0 Å². The summed E-state index contributed by atoms with van der Waals surface area (Å²) in [5.74, 6) is 0.869. The first-order valence-electron chi connectivity index (χ1n) is 5.09. The van der Waals surface area contributed by atoms with Gasteiger partial charge >= 0.3 is 0 Å². The first-order valence-corrected chi connectivity index (χ1v) is 5.97. The van der Waals surface area contributed by atoms with E-state index in [1.807, 2.05) is 11.3 Å². The van der Waals surface area contributed by atoms with Crippen LogP contribution in [0.1, 0.15) is 5.56 Å². The Labute approximate surface area is 87.8 Å². The Morgan fingerprint density at radius 1 is 1.29 bits per heavy atom. The van der Waals surface area contributed by atoms with Gasteiger partial charge in [-0.2, -0.15) is 0 Å². The maximum Gasteiger partial charge on any atom is 0.0345 e. The second kappa shape index (κ2) is 3.37. The molecular weight excluding hydrogens is 190 g/mol. The molecule has 1 aromatic heterocycles. The summed E-state index contributed by atoms with van der Waals surface area (Å²) in [4.78, 5) is 0. The van der Waals surface area contributed by atoms with Crippen LogP contribution in [0.5, 0.6) is 0 Å². The molecule has 1 fully saturated rings. The smallest absolute Gasteiger partial charge is 0.0345 e. The van der Waals surface area contributed by atoms with Crippen LogP contribution in [0.3, 0.4) is 0 Å². The molecule has 0 atom stereocenters. The van der Waals surface area contributed by atoms with Crippen molar-refractivity contribution < 1.29 is 0 Å². The zero-order chi connectivity index (χ0) is 9.38. The molecule has 1 saturated heterocycles. The molecule has 0 bridgehead atoms. The summed E-state index contributed by atoms with van der Waals surface area (Å²) in [6, 6.07) is 8.71. The summed E-state index contributed by atoms with van der Waals surface area (Å²) in [7, 11) is 0. The van der Waals surface area contributed by atoms with Crippen molar-refractivity contribution in [2.45, 2.75) is 6.42 Å². The van der Waals surface area contributed by atoms with Crippen molar-refractivity contribution in [1.29, 1.82) is 0 Å². The van der Waals surface area contributed by atoms with Crippen molar-refractivity contribution in [3.8, 4) is 0 Å². The molecule has 1 nitrogen and oxygen atoms in total. The minimum atomic E-state index is 0.869. The summed E-state index contributed by atoms with van der Waals surface area (Å²) >= 11 is 1.87. The molecule has 0 amide bonds. The van der Waals surface area contributed by atoms with Crippen molar-refractivity contribution in [2.75, 3.05) is 13.1 Å². The van der Waals surface area contributed by atoms with Crippen molar-refractivity contribution in [1.82, 2.24) is 5.32 Å². The van der Waals surface area contributed by atoms with Crippen LogP contribution in [0.2, 0.25) is 0 Å². The van der Waals surface area contributed by atoms with E-state index in [1.165, 1.54) is 35.2 Å². The van der Waals surface area contributed by atoms with Gasteiger partial charge in [0, 0.05) is 4.70 Å². The van der Waals surface area contributed by atoms with Crippen molar-refractivity contribution >= 4 is 21.4 Å². The third-order valence-corrected chi connectivity index (χ3v) is 3.95. The molecule has 2 heteroatoms. The highest BCUT2D eigenvalue weighted by Gasteiger charge is 2.18. The lowest BCUT2D eigenvalue weighted by Crippen LogP contribution is -2.42. The summed E-state index contributed by atoms with van der Waals surface area (Å²) in [5, 5.41) is 7.11. The van der Waals surface area contributed by atoms with Gasteiger partial charge in [-0.3, -0.25) is 0 Å². The second-order valence-electron chi connectivity index (χ2n) is 3.99. The SMILES string of the molecule is c1ccc2c(CC3CNC3)csc2c1. The number of hydrogen-bond acceptors (Lipinski definition) is 2. The Morgan fingerprint density at radius 3 is 2.93 bits per heavy atom. The number of rotatable bonds is 2. The molecule has 0 radical (unpaired) electrons. The quantitative estimate of drug-likeness (QED) is 0.791. The van der Waals surface area contributed by atoms with Crippen LogP contribution in [-0.4, -0.2) is 13.1 Å². The van der Waals surface area contributed by atoms with E-state index in [-0.39, 0.29) is 0 Å². The van der Waals surface area contributed by atoms with E-state index in [1.54, 1.807) is 0 Å². The number of hydrogen-bond donors (Lipinski definition) is 1. The van der Waals surface area contributed by atoms with Gasteiger partial charge in [0.15, 0.2) is 0 Å². The van der Waals surface area contributed by atoms with Crippen LogP contribution in [-0.2, 0) is 6.42 Å². The van der Waals surface area contributed by atoms with E-state index >= 15 is 0 Å². The third kappa shape index (κ3) is 1.35. The molecule has 3 rings (SSSR count). The van der Waals surface area contributed by atoms with Gasteiger partial charge in [-0.25, -0.2) is 0 Å². The van der Waals surface area contributed by atoms with Crippen LogP contribution in [0.25, 0.3) is 10.1 Å². The Kier molecular flexibility index (Phi) is 2.03. The molecule has 1 aliphatic heterocycles. The molecule has 1 aromatic carbocycles. The molecule has 0 saturated carbocycles. The minimum Gasteiger partial charge on any atom is -0.316 e. The monoisotopic (exact) mass is 203 g/mol. The summed E-state index contributed by atoms with van der Waals surface area (Å²) < 4.78 is 1.43. The molecule has 14 heavy (non-hydrogen) atoms. The maximum absolute atomic E-state index is 3.33. The molecule has 2 heterocycles. The van der Waals surface area contributed by atoms with Crippen LogP contribution in [0, 0.1) is 5.92 Å². The fraction of sp³-hybridized carbons (Fsp3) is 0.333. The standard InChI is InChI=1S/C12H13NS/c1-2-4-12-11(3-1)10(8-14-12)5-9-6-13-7-9/h1-4,8-9,13H,5-7H2. The van der Waals surface area contributed by atoms with Gasteiger partial charge in [-0.05, 0) is 47.8 Å². The third-order valence-electron chi connectivity index (χ3n) is 2.94. The molecule has 2 aromatic rings. The van der Waals surface area contributed by atoms with E-state index in [0.717, 1.165) is 5.92 Å². The predicted octanol–water partition coefficient (Wildman–Crippen LogP) is 2.66. The Bertz CT molecular complexity index is 442. The lowest BCUT2D eigenvalue weighted by molar-refractivity contribution is 0.347. The van der Waals surface area contributed by atoms with E-state index in [2.05, 4.69) is 35.0 Å². The molecule has 0 spiro atoms. The van der Waals surface area contributed by atoms with Gasteiger partial charge in [0.2, 0.25) is 0 Å². The molecule has 0 aliphatic carbocycles. The Balaban J connectivity index is 1.95. The number of thiophene rings is 1. The van der Waals surface area contributed by atoms with Gasteiger partial charge in [0.05, 0.1) is 0 Å². The molecule has 72 valence electrons. The van der Waals surface area contributed by atoms with Gasteiger partial charge < -0.3 is 5.32 Å². The van der Waals surface area contributed by atoms with Crippen molar-refractivity contribution in [2.24, 2.45) is 5.92 Å². The molecule has 0 unspecified atom stereocenters. The fourth-order valence-electron chi connectivity index (χ4n) is 1.99. The second-order valence-corrected chi connectivity index (χ2v) is 4.90. The molecule has 1 N–H and O–H groups in total.